The first-order valence-electron chi connectivity index (χ1n) is 30.9. The highest BCUT2D eigenvalue weighted by atomic mass is 16.5. The van der Waals surface area contributed by atoms with Crippen LogP contribution in [0.1, 0.15) is 148 Å². The molecule has 0 aliphatic rings. The molecule has 0 rings (SSSR count). The van der Waals surface area contributed by atoms with Crippen LogP contribution >= 0.6 is 0 Å². The summed E-state index contributed by atoms with van der Waals surface area (Å²) in [5.41, 5.74) is 5.51. The molecule has 522 valence electrons. The number of aliphatic hydroxyl groups excluding tert-OH is 5. The van der Waals surface area contributed by atoms with Gasteiger partial charge in [0.1, 0.15) is 48.9 Å². The number of amides is 10. The van der Waals surface area contributed by atoms with E-state index >= 15 is 0 Å². The minimum absolute atomic E-state index is 0.0124. The SMILES string of the molecule is CC(=O)N[C@@H](CO)C(=O)N[C@@H](CO)C(=O)N[C@@H](CO)C(=O)N[C@@H](CCCCN(CC(=O)O)CC(=O)O)C(=O)N[C@@H](CO)C(=O)N[C@@H](CO)C(=O)N[C@@H](CCCCNC(=O)COCCOCCNC(=O)CCCCCCCCCCCCCCCCC(=O)O)C(N)=O. The van der Waals surface area contributed by atoms with E-state index in [1.54, 1.807) is 0 Å². The Labute approximate surface area is 529 Å². The molecule has 0 saturated heterocycles. The van der Waals surface area contributed by atoms with E-state index in [1.165, 1.54) is 44.9 Å². The fourth-order valence-corrected chi connectivity index (χ4v) is 8.86. The largest absolute Gasteiger partial charge is 0.481 e. The number of nitrogens with two attached hydrogens (primary N) is 1. The van der Waals surface area contributed by atoms with Crippen LogP contribution in [0.2, 0.25) is 0 Å². The lowest BCUT2D eigenvalue weighted by molar-refractivity contribution is -0.142. The van der Waals surface area contributed by atoms with Crippen LogP contribution in [0.3, 0.4) is 0 Å². The van der Waals surface area contributed by atoms with E-state index in [0.29, 0.717) is 19.4 Å². The summed E-state index contributed by atoms with van der Waals surface area (Å²) < 4.78 is 10.8. The Kier molecular flexibility index (Phi) is 48.3. The van der Waals surface area contributed by atoms with E-state index in [2.05, 4.69) is 47.9 Å². The van der Waals surface area contributed by atoms with Crippen molar-refractivity contribution in [2.24, 2.45) is 5.73 Å². The summed E-state index contributed by atoms with van der Waals surface area (Å²) in [5, 5.41) is 97.2. The standard InChI is InChI=1S/C57H101N11O23/c1-38(74)61-41(32-69)53(85)65-45(36-73)57(89)67-43(34-71)55(87)63-40(21-17-19-26-68(30-49(79)80)31-50(81)82)52(84)64-44(35-72)56(88)66-42(33-70)54(86)62-39(51(58)83)20-16-18-24-59-47(76)37-91-29-28-90-27-25-60-46(75)22-14-12-10-8-6-4-2-3-5-7-9-11-13-15-23-48(77)78/h39-45,69-73H,2-37H2,1H3,(H2,58,83)(H,59,76)(H,60,75)(H,61,74)(H,62,86)(H,63,87)(H,64,84)(H,65,85)(H,66,88)(H,67,89)(H,77,78)(H,79,80)(H,81,82)/t39-,40-,41-,42-,43-,44-,45-/m0/s1. The van der Waals surface area contributed by atoms with E-state index in [4.69, 9.17) is 20.3 Å². The van der Waals surface area contributed by atoms with Crippen LogP contribution in [-0.2, 0) is 71.8 Å². The summed E-state index contributed by atoms with van der Waals surface area (Å²) in [4.78, 5) is 162. The minimum atomic E-state index is -1.91. The van der Waals surface area contributed by atoms with E-state index in [1.807, 2.05) is 0 Å². The van der Waals surface area contributed by atoms with Gasteiger partial charge in [-0.3, -0.25) is 67.2 Å². The highest BCUT2D eigenvalue weighted by Crippen LogP contribution is 2.14. The molecular weight excluding hydrogens is 1210 g/mol. The summed E-state index contributed by atoms with van der Waals surface area (Å²) in [6, 6.07) is -12.0. The fraction of sp³-hybridized carbons (Fsp3) is 0.772. The molecule has 0 fully saturated rings. The average molecular weight is 1310 g/mol. The summed E-state index contributed by atoms with van der Waals surface area (Å²) >= 11 is 0. The van der Waals surface area contributed by atoms with Gasteiger partial charge in [0.15, 0.2) is 0 Å². The van der Waals surface area contributed by atoms with Crippen LogP contribution in [0.5, 0.6) is 0 Å². The van der Waals surface area contributed by atoms with Gasteiger partial charge in [-0.05, 0) is 57.9 Å². The monoisotopic (exact) mass is 1310 g/mol. The molecule has 19 N–H and O–H groups in total. The van der Waals surface area contributed by atoms with Gasteiger partial charge < -0.3 is 104 Å². The van der Waals surface area contributed by atoms with Gasteiger partial charge in [-0.25, -0.2) is 0 Å². The molecule has 0 radical (unpaired) electrons. The highest BCUT2D eigenvalue weighted by molar-refractivity contribution is 5.97. The van der Waals surface area contributed by atoms with Crippen molar-refractivity contribution in [1.29, 1.82) is 0 Å². The first-order chi connectivity index (χ1) is 43.4. The first kappa shape index (κ1) is 83.8. The van der Waals surface area contributed by atoms with E-state index < -0.39 is 159 Å². The predicted molar refractivity (Wildman–Crippen MR) is 322 cm³/mol. The molecule has 34 nitrogen and oxygen atoms in total. The molecule has 0 saturated carbocycles. The minimum Gasteiger partial charge on any atom is -0.481 e. The Balaban J connectivity index is 5.07. The maximum atomic E-state index is 13.8. The molecule has 0 aromatic rings. The van der Waals surface area contributed by atoms with Crippen LogP contribution in [0, 0.1) is 0 Å². The molecule has 0 aliphatic heterocycles. The van der Waals surface area contributed by atoms with Gasteiger partial charge in [0.2, 0.25) is 59.1 Å². The van der Waals surface area contributed by atoms with Crippen LogP contribution in [-0.4, -0.2) is 257 Å². The zero-order chi connectivity index (χ0) is 68.4. The van der Waals surface area contributed by atoms with Crippen molar-refractivity contribution >= 4 is 77.0 Å². The van der Waals surface area contributed by atoms with E-state index in [-0.39, 0.29) is 83.9 Å². The predicted octanol–water partition coefficient (Wildman–Crippen LogP) is -4.75. The van der Waals surface area contributed by atoms with Crippen molar-refractivity contribution in [1.82, 2.24) is 52.8 Å². The van der Waals surface area contributed by atoms with Gasteiger partial charge in [0.25, 0.3) is 0 Å². The number of carbonyl (C=O) groups excluding carboxylic acids is 10. The van der Waals surface area contributed by atoms with Gasteiger partial charge in [-0.1, -0.05) is 77.0 Å². The van der Waals surface area contributed by atoms with Gasteiger partial charge in [-0.15, -0.1) is 0 Å². The number of ether oxygens (including phenoxy) is 2. The number of carboxylic acids is 3. The van der Waals surface area contributed by atoms with Crippen molar-refractivity contribution < 1.29 is 113 Å². The zero-order valence-corrected chi connectivity index (χ0v) is 52.2. The molecule has 0 bridgehead atoms. The second-order valence-corrected chi connectivity index (χ2v) is 21.6. The Hall–Kier alpha value is -7.21. The quantitative estimate of drug-likeness (QED) is 0.0254. The molecule has 0 aromatic carbocycles. The van der Waals surface area contributed by atoms with Crippen molar-refractivity contribution in [3.05, 3.63) is 0 Å². The molecule has 0 aliphatic carbocycles. The Bertz CT molecular complexity index is 2200. The maximum Gasteiger partial charge on any atom is 0.317 e. The number of aliphatic carboxylic acids is 3. The van der Waals surface area contributed by atoms with Crippen molar-refractivity contribution in [3.63, 3.8) is 0 Å². The average Bonchev–Trinajstić information content (AvgIpc) is 1.94. The summed E-state index contributed by atoms with van der Waals surface area (Å²) in [6.07, 6.45) is 16.2. The number of unbranched alkanes of at least 4 members (excludes halogenated alkanes) is 15. The van der Waals surface area contributed by atoms with Gasteiger partial charge in [-0.2, -0.15) is 0 Å². The third-order valence-corrected chi connectivity index (χ3v) is 13.8. The number of aliphatic hydroxyl groups is 5. The van der Waals surface area contributed by atoms with Gasteiger partial charge in [0.05, 0.1) is 65.9 Å². The molecule has 0 spiro atoms. The second kappa shape index (κ2) is 52.4. The number of primary amides is 1. The number of nitrogens with zero attached hydrogens (tertiary/aromatic N) is 1. The van der Waals surface area contributed by atoms with Crippen LogP contribution in [0.15, 0.2) is 0 Å². The topological polar surface area (TPSA) is 540 Å². The molecule has 91 heavy (non-hydrogen) atoms. The second-order valence-electron chi connectivity index (χ2n) is 21.6. The lowest BCUT2D eigenvalue weighted by atomic mass is 10.0. The third-order valence-electron chi connectivity index (χ3n) is 13.8. The molecular formula is C57H101N11O23. The van der Waals surface area contributed by atoms with Crippen LogP contribution < -0.4 is 53.6 Å². The molecule has 0 unspecified atom stereocenters. The number of carbonyl (C=O) groups is 13. The lowest BCUT2D eigenvalue weighted by Gasteiger charge is -2.26. The number of hydrogen-bond donors (Lipinski definition) is 18. The van der Waals surface area contributed by atoms with Crippen molar-refractivity contribution in [2.75, 3.05) is 92.2 Å². The Morgan fingerprint density at radius 1 is 0.374 bits per heavy atom. The maximum absolute atomic E-state index is 13.8. The summed E-state index contributed by atoms with van der Waals surface area (Å²) in [7, 11) is 0. The molecule has 0 heterocycles. The van der Waals surface area contributed by atoms with Gasteiger partial charge in [0, 0.05) is 32.9 Å². The molecule has 7 atom stereocenters. The van der Waals surface area contributed by atoms with E-state index in [9.17, 15) is 98.1 Å². The lowest BCUT2D eigenvalue weighted by Crippen LogP contribution is -2.61. The molecule has 10 amide bonds. The number of rotatable bonds is 58. The first-order valence-corrected chi connectivity index (χ1v) is 30.9. The fourth-order valence-electron chi connectivity index (χ4n) is 8.86. The van der Waals surface area contributed by atoms with Gasteiger partial charge >= 0.3 is 17.9 Å². The van der Waals surface area contributed by atoms with Crippen LogP contribution in [0.25, 0.3) is 0 Å². The van der Waals surface area contributed by atoms with Crippen LogP contribution in [0.4, 0.5) is 0 Å². The summed E-state index contributed by atoms with van der Waals surface area (Å²) in [6.45, 7) is -5.08. The Morgan fingerprint density at radius 2 is 0.725 bits per heavy atom. The van der Waals surface area contributed by atoms with Crippen molar-refractivity contribution in [3.8, 4) is 0 Å². The molecule has 34 heteroatoms. The smallest absolute Gasteiger partial charge is 0.317 e. The number of carboxylic acid groups (broad SMARTS) is 3. The Morgan fingerprint density at radius 3 is 1.13 bits per heavy atom. The normalized spacial score (nSPS) is 13.4. The van der Waals surface area contributed by atoms with E-state index in [0.717, 1.165) is 56.8 Å². The zero-order valence-electron chi connectivity index (χ0n) is 52.2. The third kappa shape index (κ3) is 43.2. The molecule has 0 aromatic heterocycles. The summed E-state index contributed by atoms with van der Waals surface area (Å²) in [5.74, 6) is -12.9. The number of hydrogen-bond acceptors (Lipinski definition) is 21. The number of nitrogens with one attached hydrogen (secondary N) is 9. The van der Waals surface area contributed by atoms with Crippen molar-refractivity contribution in [2.45, 2.75) is 190 Å². The highest BCUT2D eigenvalue weighted by Gasteiger charge is 2.34.